The van der Waals surface area contributed by atoms with E-state index >= 15 is 0 Å². The van der Waals surface area contributed by atoms with Crippen LogP contribution in [0.25, 0.3) is 0 Å². The van der Waals surface area contributed by atoms with Crippen LogP contribution in [-0.4, -0.2) is 30.1 Å². The van der Waals surface area contributed by atoms with Gasteiger partial charge in [0.15, 0.2) is 6.10 Å². The first-order valence-electron chi connectivity index (χ1n) is 7.69. The van der Waals surface area contributed by atoms with Crippen LogP contribution in [0.1, 0.15) is 59.3 Å². The third-order valence-electron chi connectivity index (χ3n) is 3.53. The minimum Gasteiger partial charge on any atom is -0.453 e. The zero-order valence-electron chi connectivity index (χ0n) is 13.1. The van der Waals surface area contributed by atoms with E-state index in [4.69, 9.17) is 4.74 Å². The number of esters is 1. The van der Waals surface area contributed by atoms with E-state index in [1.54, 1.807) is 0 Å². The van der Waals surface area contributed by atoms with Crippen molar-refractivity contribution in [2.75, 3.05) is 0 Å². The van der Waals surface area contributed by atoms with Gasteiger partial charge in [-0.3, -0.25) is 14.9 Å². The zero-order valence-corrected chi connectivity index (χ0v) is 13.1. The van der Waals surface area contributed by atoms with Crippen LogP contribution in [0.2, 0.25) is 0 Å². The molecule has 2 N–H and O–H groups in total. The zero-order chi connectivity index (χ0) is 15.8. The third-order valence-corrected chi connectivity index (χ3v) is 3.53. The van der Waals surface area contributed by atoms with E-state index in [-0.39, 0.29) is 12.5 Å². The third kappa shape index (κ3) is 7.11. The van der Waals surface area contributed by atoms with Gasteiger partial charge < -0.3 is 10.1 Å². The van der Waals surface area contributed by atoms with E-state index < -0.39 is 24.0 Å². The summed E-state index contributed by atoms with van der Waals surface area (Å²) in [4.78, 5) is 34.9. The fraction of sp³-hybridized carbons (Fsp3) is 0.800. The van der Waals surface area contributed by atoms with Crippen LogP contribution in [0.15, 0.2) is 0 Å². The van der Waals surface area contributed by atoms with E-state index in [2.05, 4.69) is 10.6 Å². The van der Waals surface area contributed by atoms with Gasteiger partial charge in [-0.1, -0.05) is 26.7 Å². The number of rotatable bonds is 6. The highest BCUT2D eigenvalue weighted by Gasteiger charge is 2.22. The largest absolute Gasteiger partial charge is 0.453 e. The highest BCUT2D eigenvalue weighted by molar-refractivity contribution is 5.97. The van der Waals surface area contributed by atoms with Crippen LogP contribution in [0, 0.1) is 5.92 Å². The summed E-state index contributed by atoms with van der Waals surface area (Å²) < 4.78 is 5.00. The van der Waals surface area contributed by atoms with Crippen LogP contribution in [0.4, 0.5) is 4.79 Å². The molecule has 1 aliphatic rings. The SMILES string of the molecule is CC(C)CCC(=O)O[C@H](C)C(=O)NC(=O)NC1CCCC1. The highest BCUT2D eigenvalue weighted by atomic mass is 16.5. The summed E-state index contributed by atoms with van der Waals surface area (Å²) in [6, 6.07) is -0.376. The lowest BCUT2D eigenvalue weighted by Gasteiger charge is -2.15. The Kier molecular flexibility index (Phi) is 7.19. The molecule has 6 heteroatoms. The van der Waals surface area contributed by atoms with Crippen molar-refractivity contribution in [1.82, 2.24) is 10.6 Å². The summed E-state index contributed by atoms with van der Waals surface area (Å²) in [6.07, 6.45) is 4.13. The van der Waals surface area contributed by atoms with Gasteiger partial charge in [0.2, 0.25) is 0 Å². The number of ether oxygens (including phenoxy) is 1. The quantitative estimate of drug-likeness (QED) is 0.736. The number of imide groups is 1. The van der Waals surface area contributed by atoms with Gasteiger partial charge in [-0.25, -0.2) is 4.79 Å². The molecule has 0 spiro atoms. The normalized spacial score (nSPS) is 16.6. The molecule has 0 aliphatic heterocycles. The van der Waals surface area contributed by atoms with E-state index in [1.807, 2.05) is 13.8 Å². The first-order valence-corrected chi connectivity index (χ1v) is 7.69. The number of nitrogens with one attached hydrogen (secondary N) is 2. The van der Waals surface area contributed by atoms with Gasteiger partial charge >= 0.3 is 12.0 Å². The van der Waals surface area contributed by atoms with Gasteiger partial charge in [-0.15, -0.1) is 0 Å². The predicted molar refractivity (Wildman–Crippen MR) is 78.6 cm³/mol. The summed E-state index contributed by atoms with van der Waals surface area (Å²) in [5.74, 6) is -0.607. The van der Waals surface area contributed by atoms with Crippen LogP contribution in [0.3, 0.4) is 0 Å². The molecule has 1 saturated carbocycles. The number of amides is 3. The molecule has 0 heterocycles. The number of carbonyl (C=O) groups excluding carboxylic acids is 3. The second-order valence-corrected chi connectivity index (χ2v) is 6.01. The van der Waals surface area contributed by atoms with Crippen molar-refractivity contribution in [2.45, 2.75) is 71.4 Å². The summed E-state index contributed by atoms with van der Waals surface area (Å²) in [5.41, 5.74) is 0. The molecule has 1 rings (SSSR count). The molecule has 6 nitrogen and oxygen atoms in total. The van der Waals surface area contributed by atoms with Crippen molar-refractivity contribution >= 4 is 17.9 Å². The van der Waals surface area contributed by atoms with Crippen molar-refractivity contribution in [2.24, 2.45) is 5.92 Å². The summed E-state index contributed by atoms with van der Waals surface area (Å²) in [5, 5.41) is 4.96. The van der Waals surface area contributed by atoms with Crippen molar-refractivity contribution in [3.05, 3.63) is 0 Å². The Morgan fingerprint density at radius 2 is 1.76 bits per heavy atom. The van der Waals surface area contributed by atoms with Gasteiger partial charge in [-0.05, 0) is 32.1 Å². The molecule has 0 aromatic rings. The maximum atomic E-state index is 11.8. The first kappa shape index (κ1) is 17.5. The minimum absolute atomic E-state index is 0.140. The van der Waals surface area contributed by atoms with Crippen LogP contribution < -0.4 is 10.6 Å². The van der Waals surface area contributed by atoms with Crippen molar-refractivity contribution in [3.63, 3.8) is 0 Å². The van der Waals surface area contributed by atoms with E-state index in [0.717, 1.165) is 32.1 Å². The van der Waals surface area contributed by atoms with Crippen LogP contribution >= 0.6 is 0 Å². The maximum absolute atomic E-state index is 11.8. The lowest BCUT2D eigenvalue weighted by Crippen LogP contribution is -2.47. The van der Waals surface area contributed by atoms with Gasteiger partial charge in [0.05, 0.1) is 0 Å². The van der Waals surface area contributed by atoms with Gasteiger partial charge in [-0.2, -0.15) is 0 Å². The van der Waals surface area contributed by atoms with Gasteiger partial charge in [0, 0.05) is 12.5 Å². The Labute approximate surface area is 126 Å². The molecule has 1 fully saturated rings. The molecule has 0 bridgehead atoms. The van der Waals surface area contributed by atoms with E-state index in [0.29, 0.717) is 5.92 Å². The summed E-state index contributed by atoms with van der Waals surface area (Å²) >= 11 is 0. The lowest BCUT2D eigenvalue weighted by molar-refractivity contribution is -0.154. The fourth-order valence-corrected chi connectivity index (χ4v) is 2.22. The Morgan fingerprint density at radius 1 is 1.14 bits per heavy atom. The summed E-state index contributed by atoms with van der Waals surface area (Å²) in [6.45, 7) is 5.49. The van der Waals surface area contributed by atoms with E-state index in [1.165, 1.54) is 6.92 Å². The number of carbonyl (C=O) groups is 3. The number of urea groups is 1. The molecule has 21 heavy (non-hydrogen) atoms. The predicted octanol–water partition coefficient (Wildman–Crippen LogP) is 2.12. The Morgan fingerprint density at radius 3 is 2.33 bits per heavy atom. The molecule has 0 unspecified atom stereocenters. The molecule has 3 amide bonds. The maximum Gasteiger partial charge on any atom is 0.321 e. The molecule has 0 aromatic heterocycles. The molecular weight excluding hydrogens is 272 g/mol. The standard InChI is InChI=1S/C15H26N2O4/c1-10(2)8-9-13(18)21-11(3)14(19)17-15(20)16-12-6-4-5-7-12/h10-12H,4-9H2,1-3H3,(H2,16,17,19,20)/t11-/m1/s1. The Bertz CT molecular complexity index is 376. The molecule has 1 aliphatic carbocycles. The molecule has 1 atom stereocenters. The van der Waals surface area contributed by atoms with Gasteiger partial charge in [0.25, 0.3) is 5.91 Å². The van der Waals surface area contributed by atoms with E-state index in [9.17, 15) is 14.4 Å². The van der Waals surface area contributed by atoms with Crippen molar-refractivity contribution in [1.29, 1.82) is 0 Å². The van der Waals surface area contributed by atoms with Crippen molar-refractivity contribution in [3.8, 4) is 0 Å². The number of hydrogen-bond donors (Lipinski definition) is 2. The second kappa shape index (κ2) is 8.64. The second-order valence-electron chi connectivity index (χ2n) is 6.01. The average molecular weight is 298 g/mol. The summed E-state index contributed by atoms with van der Waals surface area (Å²) in [7, 11) is 0. The first-order chi connectivity index (χ1) is 9.88. The molecule has 0 saturated heterocycles. The van der Waals surface area contributed by atoms with Crippen LogP contribution in [0.5, 0.6) is 0 Å². The highest BCUT2D eigenvalue weighted by Crippen LogP contribution is 2.17. The number of hydrogen-bond acceptors (Lipinski definition) is 4. The van der Waals surface area contributed by atoms with Crippen LogP contribution in [-0.2, 0) is 14.3 Å². The molecule has 0 aromatic carbocycles. The molecular formula is C15H26N2O4. The molecule has 120 valence electrons. The smallest absolute Gasteiger partial charge is 0.321 e. The average Bonchev–Trinajstić information content (AvgIpc) is 2.88. The lowest BCUT2D eigenvalue weighted by atomic mass is 10.1. The van der Waals surface area contributed by atoms with Gasteiger partial charge in [0.1, 0.15) is 0 Å². The molecule has 0 radical (unpaired) electrons. The topological polar surface area (TPSA) is 84.5 Å². The van der Waals surface area contributed by atoms with Crippen molar-refractivity contribution < 1.29 is 19.1 Å². The fourth-order valence-electron chi connectivity index (χ4n) is 2.22. The monoisotopic (exact) mass is 298 g/mol. The Balaban J connectivity index is 2.26. The minimum atomic E-state index is -0.959. The Hall–Kier alpha value is -1.59.